The molecule has 0 saturated carbocycles. The van der Waals surface area contributed by atoms with Crippen molar-refractivity contribution in [1.29, 1.82) is 0 Å². The smallest absolute Gasteiger partial charge is 0.124 e. The summed E-state index contributed by atoms with van der Waals surface area (Å²) >= 11 is 0. The Morgan fingerprint density at radius 3 is 3.10 bits per heavy atom. The first kappa shape index (κ1) is 13.9. The van der Waals surface area contributed by atoms with Gasteiger partial charge in [-0.25, -0.2) is 0 Å². The Bertz CT molecular complexity index is 596. The lowest BCUT2D eigenvalue weighted by atomic mass is 10.1. The van der Waals surface area contributed by atoms with E-state index in [2.05, 4.69) is 34.6 Å². The summed E-state index contributed by atoms with van der Waals surface area (Å²) in [6, 6.07) is 6.18. The summed E-state index contributed by atoms with van der Waals surface area (Å²) in [5.41, 5.74) is 3.44. The average Bonchev–Trinajstić information content (AvgIpc) is 3.07. The summed E-state index contributed by atoms with van der Waals surface area (Å²) in [5, 5.41) is 10.3. The molecule has 112 valence electrons. The predicted molar refractivity (Wildman–Crippen MR) is 80.5 cm³/mol. The van der Waals surface area contributed by atoms with E-state index in [1.54, 1.807) is 6.20 Å². The minimum atomic E-state index is 0.252. The zero-order chi connectivity index (χ0) is 14.7. The van der Waals surface area contributed by atoms with Crippen LogP contribution in [0.15, 0.2) is 24.4 Å². The molecule has 2 aromatic rings. The summed E-state index contributed by atoms with van der Waals surface area (Å²) in [5.74, 6) is 1.94. The standard InChI is InChI=1S/C16H21N3O2/c1-3-20-15-7-12-6-11(2)21-16(12)8-13(15)9-17-10-14-4-5-18-19-14/h4-5,7-8,11,17H,3,6,9-10H2,1-2H3,(H,18,19). The van der Waals surface area contributed by atoms with Gasteiger partial charge in [0.1, 0.15) is 17.6 Å². The predicted octanol–water partition coefficient (Wildman–Crippen LogP) is 2.42. The Morgan fingerprint density at radius 2 is 2.33 bits per heavy atom. The van der Waals surface area contributed by atoms with Crippen molar-refractivity contribution in [2.45, 2.75) is 39.5 Å². The highest BCUT2D eigenvalue weighted by atomic mass is 16.5. The fourth-order valence-electron chi connectivity index (χ4n) is 2.62. The Hall–Kier alpha value is -2.01. The van der Waals surface area contributed by atoms with E-state index in [1.165, 1.54) is 5.56 Å². The van der Waals surface area contributed by atoms with Gasteiger partial charge in [0.2, 0.25) is 0 Å². The number of ether oxygens (including phenoxy) is 2. The van der Waals surface area contributed by atoms with Crippen molar-refractivity contribution in [1.82, 2.24) is 15.5 Å². The lowest BCUT2D eigenvalue weighted by Crippen LogP contribution is -2.14. The number of hydrogen-bond donors (Lipinski definition) is 2. The molecular weight excluding hydrogens is 266 g/mol. The van der Waals surface area contributed by atoms with Crippen molar-refractivity contribution < 1.29 is 9.47 Å². The van der Waals surface area contributed by atoms with Gasteiger partial charge in [0.05, 0.1) is 6.61 Å². The number of aromatic amines is 1. The molecule has 0 aliphatic carbocycles. The molecule has 1 aliphatic heterocycles. The van der Waals surface area contributed by atoms with Crippen LogP contribution in [0.3, 0.4) is 0 Å². The second-order valence-electron chi connectivity index (χ2n) is 5.32. The Morgan fingerprint density at radius 1 is 1.43 bits per heavy atom. The summed E-state index contributed by atoms with van der Waals surface area (Å²) in [7, 11) is 0. The van der Waals surface area contributed by atoms with Crippen LogP contribution in [0.2, 0.25) is 0 Å². The Labute approximate surface area is 124 Å². The van der Waals surface area contributed by atoms with Gasteiger partial charge in [-0.05, 0) is 32.0 Å². The van der Waals surface area contributed by atoms with Gasteiger partial charge in [-0.1, -0.05) is 0 Å². The maximum absolute atomic E-state index is 5.83. The second-order valence-corrected chi connectivity index (χ2v) is 5.32. The van der Waals surface area contributed by atoms with Gasteiger partial charge in [0.25, 0.3) is 0 Å². The molecule has 0 radical (unpaired) electrons. The molecule has 21 heavy (non-hydrogen) atoms. The van der Waals surface area contributed by atoms with E-state index in [-0.39, 0.29) is 6.10 Å². The summed E-state index contributed by atoms with van der Waals surface area (Å²) in [6.45, 7) is 6.26. The maximum Gasteiger partial charge on any atom is 0.124 e. The molecule has 5 nitrogen and oxygen atoms in total. The fraction of sp³-hybridized carbons (Fsp3) is 0.438. The lowest BCUT2D eigenvalue weighted by molar-refractivity contribution is 0.254. The van der Waals surface area contributed by atoms with Crippen LogP contribution in [0.5, 0.6) is 11.5 Å². The number of fused-ring (bicyclic) bond motifs is 1. The van der Waals surface area contributed by atoms with Crippen LogP contribution < -0.4 is 14.8 Å². The topological polar surface area (TPSA) is 59.2 Å². The van der Waals surface area contributed by atoms with Gasteiger partial charge >= 0.3 is 0 Å². The van der Waals surface area contributed by atoms with Crippen molar-refractivity contribution >= 4 is 0 Å². The van der Waals surface area contributed by atoms with Gasteiger partial charge in [0, 0.05) is 42.5 Å². The summed E-state index contributed by atoms with van der Waals surface area (Å²) in [6.07, 6.45) is 2.97. The molecule has 1 atom stereocenters. The van der Waals surface area contributed by atoms with Crippen molar-refractivity contribution in [2.24, 2.45) is 0 Å². The van der Waals surface area contributed by atoms with E-state index in [1.807, 2.05) is 13.0 Å². The van der Waals surface area contributed by atoms with Crippen LogP contribution in [0.25, 0.3) is 0 Å². The van der Waals surface area contributed by atoms with Crippen molar-refractivity contribution in [2.75, 3.05) is 6.61 Å². The normalized spacial score (nSPS) is 16.6. The van der Waals surface area contributed by atoms with E-state index in [0.29, 0.717) is 6.61 Å². The average molecular weight is 287 g/mol. The number of nitrogens with zero attached hydrogens (tertiary/aromatic N) is 1. The Kier molecular flexibility index (Phi) is 4.10. The zero-order valence-corrected chi connectivity index (χ0v) is 12.5. The zero-order valence-electron chi connectivity index (χ0n) is 12.5. The maximum atomic E-state index is 5.83. The number of aromatic nitrogens is 2. The first-order valence-electron chi connectivity index (χ1n) is 7.40. The number of H-pyrrole nitrogens is 1. The third-order valence-corrected chi connectivity index (χ3v) is 3.57. The minimum Gasteiger partial charge on any atom is -0.494 e. The molecule has 2 N–H and O–H groups in total. The van der Waals surface area contributed by atoms with Gasteiger partial charge in [-0.3, -0.25) is 5.10 Å². The number of rotatable bonds is 6. The number of benzene rings is 1. The van der Waals surface area contributed by atoms with Crippen molar-refractivity contribution in [3.8, 4) is 11.5 Å². The SMILES string of the molecule is CCOc1cc2c(cc1CNCc1ccn[nH]1)OC(C)C2. The number of nitrogens with one attached hydrogen (secondary N) is 2. The van der Waals surface area contributed by atoms with E-state index in [0.717, 1.165) is 42.3 Å². The summed E-state index contributed by atoms with van der Waals surface area (Å²) < 4.78 is 11.6. The van der Waals surface area contributed by atoms with Crippen LogP contribution in [0, 0.1) is 0 Å². The molecule has 1 aromatic carbocycles. The third-order valence-electron chi connectivity index (χ3n) is 3.57. The first-order valence-corrected chi connectivity index (χ1v) is 7.40. The van der Waals surface area contributed by atoms with Gasteiger partial charge in [0.15, 0.2) is 0 Å². The van der Waals surface area contributed by atoms with E-state index >= 15 is 0 Å². The van der Waals surface area contributed by atoms with Gasteiger partial charge < -0.3 is 14.8 Å². The molecule has 3 rings (SSSR count). The molecule has 0 fully saturated rings. The fourth-order valence-corrected chi connectivity index (χ4v) is 2.62. The Balaban J connectivity index is 1.72. The van der Waals surface area contributed by atoms with Gasteiger partial charge in [-0.15, -0.1) is 0 Å². The number of hydrogen-bond acceptors (Lipinski definition) is 4. The quantitative estimate of drug-likeness (QED) is 0.856. The molecule has 0 amide bonds. The molecule has 2 heterocycles. The molecule has 5 heteroatoms. The van der Waals surface area contributed by atoms with Crippen LogP contribution >= 0.6 is 0 Å². The van der Waals surface area contributed by atoms with Crippen molar-refractivity contribution in [3.63, 3.8) is 0 Å². The van der Waals surface area contributed by atoms with E-state index < -0.39 is 0 Å². The minimum absolute atomic E-state index is 0.252. The van der Waals surface area contributed by atoms with Crippen LogP contribution in [-0.4, -0.2) is 22.9 Å². The molecule has 0 spiro atoms. The molecule has 0 saturated heterocycles. The van der Waals surface area contributed by atoms with Crippen molar-refractivity contribution in [3.05, 3.63) is 41.2 Å². The molecule has 1 aliphatic rings. The lowest BCUT2D eigenvalue weighted by Gasteiger charge is -2.13. The monoisotopic (exact) mass is 287 g/mol. The highest BCUT2D eigenvalue weighted by molar-refractivity contribution is 5.48. The second kappa shape index (κ2) is 6.18. The third kappa shape index (κ3) is 3.19. The first-order chi connectivity index (χ1) is 10.3. The highest BCUT2D eigenvalue weighted by Gasteiger charge is 2.21. The molecule has 1 aromatic heterocycles. The van der Waals surface area contributed by atoms with E-state index in [9.17, 15) is 0 Å². The molecule has 0 bridgehead atoms. The molecule has 1 unspecified atom stereocenters. The highest BCUT2D eigenvalue weighted by Crippen LogP contribution is 2.35. The van der Waals surface area contributed by atoms with Crippen LogP contribution in [-0.2, 0) is 19.5 Å². The molecular formula is C16H21N3O2. The van der Waals surface area contributed by atoms with E-state index in [4.69, 9.17) is 9.47 Å². The summed E-state index contributed by atoms with van der Waals surface area (Å²) in [4.78, 5) is 0. The van der Waals surface area contributed by atoms with Crippen LogP contribution in [0.4, 0.5) is 0 Å². The van der Waals surface area contributed by atoms with Crippen LogP contribution in [0.1, 0.15) is 30.7 Å². The van der Waals surface area contributed by atoms with Gasteiger partial charge in [-0.2, -0.15) is 5.10 Å². The largest absolute Gasteiger partial charge is 0.494 e.